The Balaban J connectivity index is 1.76. The molecule has 1 N–H and O–H groups in total. The smallest absolute Gasteiger partial charge is 0.259 e. The van der Waals surface area contributed by atoms with Gasteiger partial charge in [0.15, 0.2) is 0 Å². The molecule has 5 nitrogen and oxygen atoms in total. The Bertz CT molecular complexity index is 1200. The van der Waals surface area contributed by atoms with Crippen LogP contribution in [0.15, 0.2) is 70.5 Å². The molecule has 3 aromatic carbocycles. The molecule has 0 aliphatic carbocycles. The molecular weight excluding hydrogens is 461 g/mol. The number of nitrogens with zero attached hydrogens (tertiary/aromatic N) is 2. The van der Waals surface area contributed by atoms with Crippen LogP contribution in [0.2, 0.25) is 5.02 Å². The van der Waals surface area contributed by atoms with Crippen LogP contribution in [-0.4, -0.2) is 43.9 Å². The van der Waals surface area contributed by atoms with Gasteiger partial charge in [0.05, 0.1) is 17.8 Å². The molecule has 0 saturated heterocycles. The number of hydrogen-bond acceptors (Lipinski definition) is 4. The molecule has 1 aliphatic rings. The van der Waals surface area contributed by atoms with Crippen molar-refractivity contribution in [2.75, 3.05) is 32.1 Å². The monoisotopic (exact) mass is 483 g/mol. The van der Waals surface area contributed by atoms with E-state index >= 15 is 0 Å². The summed E-state index contributed by atoms with van der Waals surface area (Å²) in [6.07, 6.45) is 0. The Labute approximate surface area is 201 Å². The SMILES string of the molecule is CN(C)CCNC(=O)c1ccc2c(c1)N(Cc1c(F)cccc1Cl)C(=O)c1ccccc1S2. The van der Waals surface area contributed by atoms with E-state index < -0.39 is 5.82 Å². The number of fused-ring (bicyclic) bond motifs is 2. The van der Waals surface area contributed by atoms with Crippen molar-refractivity contribution in [1.82, 2.24) is 10.2 Å². The van der Waals surface area contributed by atoms with E-state index in [2.05, 4.69) is 5.32 Å². The van der Waals surface area contributed by atoms with E-state index in [0.29, 0.717) is 29.9 Å². The lowest BCUT2D eigenvalue weighted by atomic mass is 10.1. The number of amides is 2. The molecule has 0 atom stereocenters. The summed E-state index contributed by atoms with van der Waals surface area (Å²) in [5.74, 6) is -0.997. The molecule has 170 valence electrons. The van der Waals surface area contributed by atoms with Gasteiger partial charge in [0, 0.05) is 39.0 Å². The van der Waals surface area contributed by atoms with E-state index in [0.717, 1.165) is 9.79 Å². The number of carbonyl (C=O) groups is 2. The number of anilines is 1. The number of likely N-dealkylation sites (N-methyl/N-ethyl adjacent to an activating group) is 1. The maximum Gasteiger partial charge on any atom is 0.259 e. The van der Waals surface area contributed by atoms with E-state index in [1.54, 1.807) is 30.3 Å². The molecule has 33 heavy (non-hydrogen) atoms. The van der Waals surface area contributed by atoms with Gasteiger partial charge in [-0.05, 0) is 56.6 Å². The first-order chi connectivity index (χ1) is 15.8. The standard InChI is InChI=1S/C25H23ClFN3O2S/c1-29(2)13-12-28-24(31)16-10-11-23-21(14-16)30(15-18-19(26)7-5-8-20(18)27)25(32)17-6-3-4-9-22(17)33-23/h3-11,14H,12-13,15H2,1-2H3,(H,28,31). The molecule has 0 aromatic heterocycles. The highest BCUT2D eigenvalue weighted by Gasteiger charge is 2.29. The summed E-state index contributed by atoms with van der Waals surface area (Å²) in [6.45, 7) is 1.15. The zero-order valence-corrected chi connectivity index (χ0v) is 19.8. The van der Waals surface area contributed by atoms with E-state index in [1.165, 1.54) is 28.8 Å². The van der Waals surface area contributed by atoms with E-state index in [4.69, 9.17) is 11.6 Å². The maximum atomic E-state index is 14.6. The number of benzene rings is 3. The van der Waals surface area contributed by atoms with Gasteiger partial charge in [-0.1, -0.05) is 41.6 Å². The average Bonchev–Trinajstić information content (AvgIpc) is 2.90. The van der Waals surface area contributed by atoms with Gasteiger partial charge in [-0.15, -0.1) is 0 Å². The molecule has 3 aromatic rings. The second kappa shape index (κ2) is 9.95. The molecule has 8 heteroatoms. The Morgan fingerprint density at radius 3 is 2.64 bits per heavy atom. The van der Waals surface area contributed by atoms with Crippen LogP contribution in [0.25, 0.3) is 0 Å². The van der Waals surface area contributed by atoms with Gasteiger partial charge < -0.3 is 15.1 Å². The Morgan fingerprint density at radius 2 is 1.88 bits per heavy atom. The summed E-state index contributed by atoms with van der Waals surface area (Å²) >= 11 is 7.72. The quantitative estimate of drug-likeness (QED) is 0.531. The molecule has 1 aliphatic heterocycles. The second-order valence-corrected chi connectivity index (χ2v) is 9.42. The molecule has 0 fully saturated rings. The van der Waals surface area contributed by atoms with Gasteiger partial charge in [0.1, 0.15) is 5.82 Å². The number of hydrogen-bond donors (Lipinski definition) is 1. The lowest BCUT2D eigenvalue weighted by molar-refractivity contribution is 0.0947. The summed E-state index contributed by atoms with van der Waals surface area (Å²) < 4.78 is 14.6. The van der Waals surface area contributed by atoms with Crippen LogP contribution in [0.3, 0.4) is 0 Å². The van der Waals surface area contributed by atoms with Crippen molar-refractivity contribution < 1.29 is 14.0 Å². The molecule has 4 rings (SSSR count). The highest BCUT2D eigenvalue weighted by atomic mass is 35.5. The second-order valence-electron chi connectivity index (χ2n) is 7.93. The minimum Gasteiger partial charge on any atom is -0.351 e. The molecule has 0 unspecified atom stereocenters. The zero-order chi connectivity index (χ0) is 23.5. The molecule has 0 saturated carbocycles. The highest BCUT2D eigenvalue weighted by molar-refractivity contribution is 7.99. The number of halogens is 2. The minimum atomic E-state index is -0.486. The molecule has 1 heterocycles. The van der Waals surface area contributed by atoms with Crippen LogP contribution in [0.4, 0.5) is 10.1 Å². The van der Waals surface area contributed by atoms with Crippen molar-refractivity contribution in [1.29, 1.82) is 0 Å². The lowest BCUT2D eigenvalue weighted by Crippen LogP contribution is -2.32. The Morgan fingerprint density at radius 1 is 1.09 bits per heavy atom. The summed E-state index contributed by atoms with van der Waals surface area (Å²) in [6, 6.07) is 17.0. The first-order valence-electron chi connectivity index (χ1n) is 10.4. The summed E-state index contributed by atoms with van der Waals surface area (Å²) in [5, 5.41) is 3.13. The van der Waals surface area contributed by atoms with Crippen LogP contribution in [-0.2, 0) is 6.54 Å². The van der Waals surface area contributed by atoms with Gasteiger partial charge in [-0.25, -0.2) is 4.39 Å². The molecular formula is C25H23ClFN3O2S. The molecule has 0 bridgehead atoms. The van der Waals surface area contributed by atoms with Crippen LogP contribution < -0.4 is 10.2 Å². The van der Waals surface area contributed by atoms with Crippen molar-refractivity contribution in [2.24, 2.45) is 0 Å². The van der Waals surface area contributed by atoms with Gasteiger partial charge in [-0.3, -0.25) is 9.59 Å². The van der Waals surface area contributed by atoms with Crippen molar-refractivity contribution in [3.8, 4) is 0 Å². The van der Waals surface area contributed by atoms with E-state index in [9.17, 15) is 14.0 Å². The van der Waals surface area contributed by atoms with Crippen molar-refractivity contribution in [3.63, 3.8) is 0 Å². The van der Waals surface area contributed by atoms with Crippen LogP contribution in [0.1, 0.15) is 26.3 Å². The fourth-order valence-electron chi connectivity index (χ4n) is 3.56. The third kappa shape index (κ3) is 5.05. The molecule has 2 amide bonds. The predicted molar refractivity (Wildman–Crippen MR) is 130 cm³/mol. The maximum absolute atomic E-state index is 14.6. The Hall–Kier alpha value is -2.87. The van der Waals surface area contributed by atoms with Crippen LogP contribution >= 0.6 is 23.4 Å². The van der Waals surface area contributed by atoms with Crippen molar-refractivity contribution in [3.05, 3.63) is 88.2 Å². The van der Waals surface area contributed by atoms with Gasteiger partial charge in [0.2, 0.25) is 0 Å². The largest absolute Gasteiger partial charge is 0.351 e. The Kier molecular flexibility index (Phi) is 7.02. The highest BCUT2D eigenvalue weighted by Crippen LogP contribution is 2.42. The third-order valence-corrected chi connectivity index (χ3v) is 6.81. The normalized spacial score (nSPS) is 12.9. The summed E-state index contributed by atoms with van der Waals surface area (Å²) in [5.41, 5.74) is 1.71. The summed E-state index contributed by atoms with van der Waals surface area (Å²) in [4.78, 5) is 31.4. The van der Waals surface area contributed by atoms with Crippen LogP contribution in [0, 0.1) is 5.82 Å². The summed E-state index contributed by atoms with van der Waals surface area (Å²) in [7, 11) is 3.86. The lowest BCUT2D eigenvalue weighted by Gasteiger charge is -2.24. The number of carbonyl (C=O) groups excluding carboxylic acids is 2. The van der Waals surface area contributed by atoms with Crippen molar-refractivity contribution >= 4 is 40.9 Å². The average molecular weight is 484 g/mol. The fourth-order valence-corrected chi connectivity index (χ4v) is 4.84. The van der Waals surface area contributed by atoms with E-state index in [-0.39, 0.29) is 28.9 Å². The van der Waals surface area contributed by atoms with Crippen LogP contribution in [0.5, 0.6) is 0 Å². The van der Waals surface area contributed by atoms with Crippen molar-refractivity contribution in [2.45, 2.75) is 16.3 Å². The fraction of sp³-hybridized carbons (Fsp3) is 0.200. The van der Waals surface area contributed by atoms with Gasteiger partial charge >= 0.3 is 0 Å². The topological polar surface area (TPSA) is 52.7 Å². The van der Waals surface area contributed by atoms with Gasteiger partial charge in [0.25, 0.3) is 11.8 Å². The number of rotatable bonds is 6. The molecule has 0 spiro atoms. The van der Waals surface area contributed by atoms with E-state index in [1.807, 2.05) is 37.2 Å². The first-order valence-corrected chi connectivity index (χ1v) is 11.6. The minimum absolute atomic E-state index is 0.0576. The zero-order valence-electron chi connectivity index (χ0n) is 18.3. The predicted octanol–water partition coefficient (Wildman–Crippen LogP) is 5.08. The number of nitrogens with one attached hydrogen (secondary N) is 1. The molecule has 0 radical (unpaired) electrons. The van der Waals surface area contributed by atoms with Gasteiger partial charge in [-0.2, -0.15) is 0 Å². The third-order valence-electron chi connectivity index (χ3n) is 5.32. The first kappa shape index (κ1) is 23.3.